The van der Waals surface area contributed by atoms with Crippen LogP contribution in [0.5, 0.6) is 0 Å². The van der Waals surface area contributed by atoms with Crippen molar-refractivity contribution in [3.05, 3.63) is 0 Å². The van der Waals surface area contributed by atoms with Gasteiger partial charge in [-0.3, -0.25) is 9.59 Å². The summed E-state index contributed by atoms with van der Waals surface area (Å²) in [7, 11) is 0. The van der Waals surface area contributed by atoms with Gasteiger partial charge in [-0.25, -0.2) is 0 Å². The third kappa shape index (κ3) is 8.18. The zero-order valence-electron chi connectivity index (χ0n) is 7.36. The molecule has 0 aromatic carbocycles. The Bertz CT molecular complexity index is 153. The van der Waals surface area contributed by atoms with Gasteiger partial charge in [-0.15, -0.1) is 0 Å². The molecule has 3 nitrogen and oxygen atoms in total. The van der Waals surface area contributed by atoms with Crippen molar-refractivity contribution in [3.8, 4) is 0 Å². The number of hydrogen-bond acceptors (Lipinski definition) is 5. The Morgan fingerprint density at radius 2 is 1.31 bits per heavy atom. The fourth-order valence-corrected chi connectivity index (χ4v) is 0.992. The molecule has 76 valence electrons. The average molecular weight is 222 g/mol. The molecule has 0 saturated carbocycles. The lowest BCUT2D eigenvalue weighted by atomic mass is 10.3. The van der Waals surface area contributed by atoms with Crippen LogP contribution < -0.4 is 0 Å². The molecule has 0 saturated heterocycles. The molecule has 0 aromatic rings. The van der Waals surface area contributed by atoms with Gasteiger partial charge >= 0.3 is 11.9 Å². The Morgan fingerprint density at radius 3 is 1.62 bits per heavy atom. The lowest BCUT2D eigenvalue weighted by Crippen LogP contribution is -2.12. The van der Waals surface area contributed by atoms with Crippen molar-refractivity contribution in [2.24, 2.45) is 0 Å². The second kappa shape index (κ2) is 8.44. The molecule has 0 unspecified atom stereocenters. The molecule has 0 aliphatic carbocycles. The first-order valence-electron chi connectivity index (χ1n) is 4.16. The zero-order chi connectivity index (χ0) is 10.1. The molecule has 0 radical (unpaired) electrons. The van der Waals surface area contributed by atoms with E-state index in [1.807, 2.05) is 0 Å². The predicted molar refractivity (Wildman–Crippen MR) is 57.3 cm³/mol. The summed E-state index contributed by atoms with van der Waals surface area (Å²) in [5.74, 6) is 0.330. The molecular weight excluding hydrogens is 208 g/mol. The molecule has 0 aromatic heterocycles. The first-order valence-corrected chi connectivity index (χ1v) is 5.42. The fraction of sp³-hybridized carbons (Fsp3) is 0.750. The van der Waals surface area contributed by atoms with Crippen LogP contribution in [0, 0.1) is 0 Å². The highest BCUT2D eigenvalue weighted by molar-refractivity contribution is 7.80. The summed E-state index contributed by atoms with van der Waals surface area (Å²) in [6.07, 6.45) is 1.80. The number of carbonyl (C=O) groups excluding carboxylic acids is 2. The minimum absolute atomic E-state index is 0.260. The van der Waals surface area contributed by atoms with Gasteiger partial charge in [0.15, 0.2) is 0 Å². The topological polar surface area (TPSA) is 43.4 Å². The van der Waals surface area contributed by atoms with Crippen molar-refractivity contribution < 1.29 is 14.3 Å². The van der Waals surface area contributed by atoms with E-state index in [9.17, 15) is 9.59 Å². The highest BCUT2D eigenvalue weighted by Crippen LogP contribution is 1.99. The summed E-state index contributed by atoms with van der Waals surface area (Å²) < 4.78 is 4.51. The van der Waals surface area contributed by atoms with E-state index in [1.54, 1.807) is 0 Å². The zero-order valence-corrected chi connectivity index (χ0v) is 9.15. The first kappa shape index (κ1) is 12.8. The van der Waals surface area contributed by atoms with Crippen LogP contribution in [0.4, 0.5) is 0 Å². The number of hydrogen-bond donors (Lipinski definition) is 2. The third-order valence-corrected chi connectivity index (χ3v) is 1.94. The molecular formula is C8H14O3S2. The van der Waals surface area contributed by atoms with Crippen LogP contribution in [0.15, 0.2) is 0 Å². The van der Waals surface area contributed by atoms with Gasteiger partial charge in [0, 0.05) is 12.8 Å². The maximum absolute atomic E-state index is 10.9. The van der Waals surface area contributed by atoms with E-state index >= 15 is 0 Å². The van der Waals surface area contributed by atoms with Gasteiger partial charge in [0.05, 0.1) is 0 Å². The standard InChI is InChI=1S/C8H14O3S2/c9-7(3-1-5-12)11-8(10)4-2-6-13/h12-13H,1-6H2. The second-order valence-corrected chi connectivity index (χ2v) is 3.39. The van der Waals surface area contributed by atoms with Gasteiger partial charge in [-0.2, -0.15) is 25.3 Å². The largest absolute Gasteiger partial charge is 0.393 e. The van der Waals surface area contributed by atoms with E-state index in [1.165, 1.54) is 0 Å². The van der Waals surface area contributed by atoms with Crippen LogP contribution in [-0.2, 0) is 14.3 Å². The summed E-state index contributed by atoms with van der Waals surface area (Å²) in [5, 5.41) is 0. The number of carbonyl (C=O) groups is 2. The highest BCUT2D eigenvalue weighted by Gasteiger charge is 2.08. The molecule has 0 N–H and O–H groups in total. The summed E-state index contributed by atoms with van der Waals surface area (Å²) in [6.45, 7) is 0. The lowest BCUT2D eigenvalue weighted by molar-refractivity contribution is -0.159. The SMILES string of the molecule is O=C(CCCS)OC(=O)CCCS. The van der Waals surface area contributed by atoms with Crippen molar-refractivity contribution in [2.45, 2.75) is 25.7 Å². The van der Waals surface area contributed by atoms with Crippen LogP contribution in [0.25, 0.3) is 0 Å². The average Bonchev–Trinajstić information content (AvgIpc) is 2.11. The van der Waals surface area contributed by atoms with E-state index in [4.69, 9.17) is 0 Å². The summed E-state index contributed by atoms with van der Waals surface area (Å²) in [6, 6.07) is 0. The van der Waals surface area contributed by atoms with Gasteiger partial charge in [-0.05, 0) is 24.3 Å². The molecule has 0 fully saturated rings. The van der Waals surface area contributed by atoms with Crippen molar-refractivity contribution in [3.63, 3.8) is 0 Å². The molecule has 0 spiro atoms. The summed E-state index contributed by atoms with van der Waals surface area (Å²) >= 11 is 7.88. The number of ether oxygens (including phenoxy) is 1. The maximum Gasteiger partial charge on any atom is 0.313 e. The van der Waals surface area contributed by atoms with E-state index in [0.29, 0.717) is 24.3 Å². The monoisotopic (exact) mass is 222 g/mol. The van der Waals surface area contributed by atoms with E-state index < -0.39 is 11.9 Å². The lowest BCUT2D eigenvalue weighted by Gasteiger charge is -2.00. The van der Waals surface area contributed by atoms with Crippen molar-refractivity contribution in [1.29, 1.82) is 0 Å². The van der Waals surface area contributed by atoms with Crippen molar-refractivity contribution in [2.75, 3.05) is 11.5 Å². The molecule has 0 bridgehead atoms. The van der Waals surface area contributed by atoms with E-state index in [-0.39, 0.29) is 12.8 Å². The van der Waals surface area contributed by atoms with E-state index in [2.05, 4.69) is 30.0 Å². The van der Waals surface area contributed by atoms with Gasteiger partial charge < -0.3 is 4.74 Å². The molecule has 0 rings (SSSR count). The molecule has 0 aliphatic rings. The predicted octanol–water partition coefficient (Wildman–Crippen LogP) is 1.48. The second-order valence-electron chi connectivity index (χ2n) is 2.50. The number of esters is 2. The fourth-order valence-electron chi connectivity index (χ4n) is 0.676. The number of rotatable bonds is 6. The molecule has 0 atom stereocenters. The van der Waals surface area contributed by atoms with Crippen LogP contribution in [-0.4, -0.2) is 23.4 Å². The van der Waals surface area contributed by atoms with Gasteiger partial charge in [0.25, 0.3) is 0 Å². The minimum atomic E-state index is -0.460. The quantitative estimate of drug-likeness (QED) is 0.406. The smallest absolute Gasteiger partial charge is 0.313 e. The molecule has 13 heavy (non-hydrogen) atoms. The first-order chi connectivity index (χ1) is 6.20. The Morgan fingerprint density at radius 1 is 0.923 bits per heavy atom. The van der Waals surface area contributed by atoms with Crippen molar-refractivity contribution in [1.82, 2.24) is 0 Å². The summed E-state index contributed by atoms with van der Waals surface area (Å²) in [5.41, 5.74) is 0. The maximum atomic E-state index is 10.9. The van der Waals surface area contributed by atoms with Gasteiger partial charge in [0.1, 0.15) is 0 Å². The molecule has 0 heterocycles. The molecule has 5 heteroatoms. The van der Waals surface area contributed by atoms with Gasteiger partial charge in [0.2, 0.25) is 0 Å². The van der Waals surface area contributed by atoms with Gasteiger partial charge in [-0.1, -0.05) is 0 Å². The Hall–Kier alpha value is -0.160. The Balaban J connectivity index is 3.47. The van der Waals surface area contributed by atoms with E-state index in [0.717, 1.165) is 0 Å². The molecule has 0 aliphatic heterocycles. The minimum Gasteiger partial charge on any atom is -0.393 e. The Labute approximate surface area is 89.0 Å². The molecule has 0 amide bonds. The summed E-state index contributed by atoms with van der Waals surface area (Å²) in [4.78, 5) is 21.8. The number of thiol groups is 2. The van der Waals surface area contributed by atoms with Crippen LogP contribution in [0.1, 0.15) is 25.7 Å². The Kier molecular flexibility index (Phi) is 8.33. The van der Waals surface area contributed by atoms with Crippen LogP contribution >= 0.6 is 25.3 Å². The van der Waals surface area contributed by atoms with Crippen molar-refractivity contribution >= 4 is 37.2 Å². The van der Waals surface area contributed by atoms with Crippen LogP contribution in [0.2, 0.25) is 0 Å². The normalized spacial score (nSPS) is 9.69. The van der Waals surface area contributed by atoms with Crippen LogP contribution in [0.3, 0.4) is 0 Å². The highest BCUT2D eigenvalue weighted by atomic mass is 32.1. The third-order valence-electron chi connectivity index (χ3n) is 1.31.